The Kier molecular flexibility index (Phi) is 4.26. The Balaban J connectivity index is 2.02. The van der Waals surface area contributed by atoms with Gasteiger partial charge < -0.3 is 0 Å². The van der Waals surface area contributed by atoms with E-state index < -0.39 is 22.0 Å². The number of carbonyl (C=O) groups is 1. The van der Waals surface area contributed by atoms with Crippen molar-refractivity contribution in [3.63, 3.8) is 0 Å². The van der Waals surface area contributed by atoms with E-state index in [2.05, 4.69) is 6.08 Å². The van der Waals surface area contributed by atoms with Crippen LogP contribution in [0, 0.1) is 0 Å². The van der Waals surface area contributed by atoms with E-state index in [4.69, 9.17) is 5.21 Å². The second-order valence-electron chi connectivity index (χ2n) is 5.16. The third-order valence-corrected chi connectivity index (χ3v) is 6.84. The van der Waals surface area contributed by atoms with Crippen molar-refractivity contribution in [2.24, 2.45) is 0 Å². The molecule has 0 unspecified atom stereocenters. The van der Waals surface area contributed by atoms with Gasteiger partial charge in [0.25, 0.3) is 5.91 Å². The van der Waals surface area contributed by atoms with Gasteiger partial charge in [-0.1, -0.05) is 18.2 Å². The first-order chi connectivity index (χ1) is 10.5. The number of hydroxylamine groups is 1. The van der Waals surface area contributed by atoms with Gasteiger partial charge in [-0.15, -0.1) is 11.8 Å². The molecule has 1 aromatic rings. The number of rotatable bonds is 3. The molecule has 0 aromatic heterocycles. The van der Waals surface area contributed by atoms with Crippen molar-refractivity contribution in [3.05, 3.63) is 28.6 Å². The summed E-state index contributed by atoms with van der Waals surface area (Å²) in [5.74, 6) is -0.171. The topological polar surface area (TPSA) is 86.7 Å². The van der Waals surface area contributed by atoms with Gasteiger partial charge in [0, 0.05) is 5.75 Å². The Morgan fingerprint density at radius 1 is 1.27 bits per heavy atom. The summed E-state index contributed by atoms with van der Waals surface area (Å²) in [5, 5.41) is 10.7. The van der Waals surface area contributed by atoms with Crippen LogP contribution in [0.4, 0.5) is 0 Å². The molecule has 22 heavy (non-hydrogen) atoms. The van der Waals surface area contributed by atoms with Gasteiger partial charge in [-0.2, -0.15) is 4.31 Å². The van der Waals surface area contributed by atoms with E-state index in [1.54, 1.807) is 23.7 Å². The molecule has 3 rings (SSSR count). The molecule has 1 amide bonds. The Hall–Kier alpha value is -1.35. The number of sulfonamides is 1. The van der Waals surface area contributed by atoms with Crippen LogP contribution in [0.2, 0.25) is 0 Å². The number of benzene rings is 1. The van der Waals surface area contributed by atoms with Gasteiger partial charge in [0.15, 0.2) is 0 Å². The lowest BCUT2D eigenvalue weighted by Crippen LogP contribution is -2.46. The van der Waals surface area contributed by atoms with Crippen molar-refractivity contribution in [3.8, 4) is 0 Å². The molecule has 1 atom stereocenters. The highest BCUT2D eigenvalue weighted by atomic mass is 32.2. The highest BCUT2D eigenvalue weighted by Crippen LogP contribution is 2.27. The van der Waals surface area contributed by atoms with E-state index in [9.17, 15) is 13.2 Å². The summed E-state index contributed by atoms with van der Waals surface area (Å²) in [6, 6.07) is 4.13. The zero-order valence-electron chi connectivity index (χ0n) is 11.7. The SMILES string of the molecule is O=C(NO)[C@H]1CSCN1S(=O)(=O)c1ccc2c(c1)=CCCC=2. The van der Waals surface area contributed by atoms with Crippen LogP contribution in [0.1, 0.15) is 12.8 Å². The summed E-state index contributed by atoms with van der Waals surface area (Å²) in [6.07, 6.45) is 5.96. The highest BCUT2D eigenvalue weighted by molar-refractivity contribution is 8.00. The van der Waals surface area contributed by atoms with Crippen LogP contribution in [0.15, 0.2) is 23.1 Å². The Labute approximate surface area is 132 Å². The Morgan fingerprint density at radius 3 is 2.73 bits per heavy atom. The van der Waals surface area contributed by atoms with Crippen molar-refractivity contribution in [2.75, 3.05) is 11.6 Å². The van der Waals surface area contributed by atoms with Crippen LogP contribution in [-0.2, 0) is 14.8 Å². The number of nitrogens with one attached hydrogen (secondary N) is 1. The quantitative estimate of drug-likeness (QED) is 0.578. The smallest absolute Gasteiger partial charge is 0.262 e. The molecule has 1 aliphatic carbocycles. The molecule has 0 radical (unpaired) electrons. The third-order valence-electron chi connectivity index (χ3n) is 3.81. The largest absolute Gasteiger partial charge is 0.289 e. The minimum absolute atomic E-state index is 0.177. The molecule has 0 spiro atoms. The summed E-state index contributed by atoms with van der Waals surface area (Å²) < 4.78 is 26.7. The number of thioether (sulfide) groups is 1. The maximum atomic E-state index is 12.8. The summed E-state index contributed by atoms with van der Waals surface area (Å²) in [4.78, 5) is 11.8. The third kappa shape index (κ3) is 2.67. The monoisotopic (exact) mass is 340 g/mol. The molecule has 2 aliphatic rings. The fourth-order valence-corrected chi connectivity index (χ4v) is 5.82. The van der Waals surface area contributed by atoms with Gasteiger partial charge in [0.2, 0.25) is 10.0 Å². The number of amides is 1. The molecule has 0 saturated carbocycles. The molecule has 118 valence electrons. The molecule has 2 N–H and O–H groups in total. The number of carbonyl (C=O) groups excluding carboxylic acids is 1. The molecule has 8 heteroatoms. The van der Waals surface area contributed by atoms with Crippen LogP contribution in [0.3, 0.4) is 0 Å². The van der Waals surface area contributed by atoms with E-state index in [0.717, 1.165) is 27.6 Å². The summed E-state index contributed by atoms with van der Waals surface area (Å²) in [7, 11) is -3.77. The molecule has 6 nitrogen and oxygen atoms in total. The predicted octanol–water partition coefficient (Wildman–Crippen LogP) is -0.390. The summed E-state index contributed by atoms with van der Waals surface area (Å²) >= 11 is 1.35. The average molecular weight is 340 g/mol. The minimum atomic E-state index is -3.77. The summed E-state index contributed by atoms with van der Waals surface area (Å²) in [5.41, 5.74) is 1.54. The van der Waals surface area contributed by atoms with Gasteiger partial charge in [-0.3, -0.25) is 10.0 Å². The van der Waals surface area contributed by atoms with Crippen molar-refractivity contribution >= 4 is 39.8 Å². The molecule has 1 aliphatic heterocycles. The van der Waals surface area contributed by atoms with Crippen molar-refractivity contribution < 1.29 is 18.4 Å². The molecule has 1 fully saturated rings. The average Bonchev–Trinajstić information content (AvgIpc) is 3.04. The zero-order valence-corrected chi connectivity index (χ0v) is 13.4. The summed E-state index contributed by atoms with van der Waals surface area (Å²) in [6.45, 7) is 0. The van der Waals surface area contributed by atoms with Gasteiger partial charge in [-0.05, 0) is 35.4 Å². The van der Waals surface area contributed by atoms with Gasteiger partial charge >= 0.3 is 0 Å². The van der Waals surface area contributed by atoms with E-state index in [1.165, 1.54) is 11.8 Å². The minimum Gasteiger partial charge on any atom is -0.289 e. The lowest BCUT2D eigenvalue weighted by molar-refractivity contribution is -0.132. The standard InChI is InChI=1S/C14H16N2O4S2/c17-14(15-18)13-8-21-9-16(13)22(19,20)12-6-5-10-3-1-2-4-11(10)7-12/h3-7,13,18H,1-2,8-9H2,(H,15,17)/t13-/m1/s1. The van der Waals surface area contributed by atoms with Crippen LogP contribution < -0.4 is 15.9 Å². The van der Waals surface area contributed by atoms with Crippen molar-refractivity contribution in [1.82, 2.24) is 9.79 Å². The lowest BCUT2D eigenvalue weighted by Gasteiger charge is -2.21. The number of hydrogen-bond acceptors (Lipinski definition) is 5. The first-order valence-corrected chi connectivity index (χ1v) is 9.47. The molecule has 1 saturated heterocycles. The fraction of sp³-hybridized carbons (Fsp3) is 0.357. The van der Waals surface area contributed by atoms with Crippen LogP contribution in [0.25, 0.3) is 12.2 Å². The van der Waals surface area contributed by atoms with E-state index >= 15 is 0 Å². The predicted molar refractivity (Wildman–Crippen MR) is 83.9 cm³/mol. The Bertz CT molecular complexity index is 820. The molecular weight excluding hydrogens is 324 g/mol. The molecule has 1 aromatic carbocycles. The van der Waals surface area contributed by atoms with Crippen LogP contribution in [0.5, 0.6) is 0 Å². The highest BCUT2D eigenvalue weighted by Gasteiger charge is 2.39. The molecular formula is C14H16N2O4S2. The van der Waals surface area contributed by atoms with E-state index in [-0.39, 0.29) is 10.8 Å². The van der Waals surface area contributed by atoms with E-state index in [1.807, 2.05) is 6.08 Å². The van der Waals surface area contributed by atoms with Gasteiger partial charge in [-0.25, -0.2) is 13.9 Å². The van der Waals surface area contributed by atoms with E-state index in [0.29, 0.717) is 5.75 Å². The maximum absolute atomic E-state index is 12.8. The molecule has 0 bridgehead atoms. The lowest BCUT2D eigenvalue weighted by atomic mass is 10.1. The van der Waals surface area contributed by atoms with Gasteiger partial charge in [0.05, 0.1) is 10.8 Å². The normalized spacial score (nSPS) is 21.6. The first kappa shape index (κ1) is 15.5. The van der Waals surface area contributed by atoms with Crippen molar-refractivity contribution in [2.45, 2.75) is 23.8 Å². The molecule has 1 heterocycles. The first-order valence-electron chi connectivity index (χ1n) is 6.88. The van der Waals surface area contributed by atoms with Crippen LogP contribution in [-0.4, -0.2) is 41.5 Å². The number of fused-ring (bicyclic) bond motifs is 1. The Morgan fingerprint density at radius 2 is 2.00 bits per heavy atom. The van der Waals surface area contributed by atoms with Crippen molar-refractivity contribution in [1.29, 1.82) is 0 Å². The second-order valence-corrected chi connectivity index (χ2v) is 8.05. The van der Waals surface area contributed by atoms with Crippen LogP contribution >= 0.6 is 11.8 Å². The number of hydrogen-bond donors (Lipinski definition) is 2. The second kappa shape index (κ2) is 6.04. The number of nitrogens with zero attached hydrogens (tertiary/aromatic N) is 1. The van der Waals surface area contributed by atoms with Gasteiger partial charge in [0.1, 0.15) is 6.04 Å². The maximum Gasteiger partial charge on any atom is 0.262 e. The fourth-order valence-electron chi connectivity index (χ4n) is 2.63. The zero-order chi connectivity index (χ0) is 15.7.